The van der Waals surface area contributed by atoms with Gasteiger partial charge in [0.05, 0.1) is 29.1 Å². The minimum Gasteiger partial charge on any atom is -0.511 e. The number of fused-ring (bicyclic) bond motifs is 5. The van der Waals surface area contributed by atoms with E-state index >= 15 is 0 Å². The highest BCUT2D eigenvalue weighted by Crippen LogP contribution is 2.58. The van der Waals surface area contributed by atoms with E-state index < -0.39 is 5.60 Å². The van der Waals surface area contributed by atoms with E-state index in [0.29, 0.717) is 5.57 Å². The Morgan fingerprint density at radius 3 is 2.43 bits per heavy atom. The average molecular weight is 381 g/mol. The first-order valence-electron chi connectivity index (χ1n) is 10.8. The molecule has 4 atom stereocenters. The molecule has 0 amide bonds. The second-order valence-electron chi connectivity index (χ2n) is 8.96. The normalized spacial score (nSPS) is 30.6. The molecule has 2 bridgehead atoms. The maximum atomic E-state index is 13.6. The van der Waals surface area contributed by atoms with Gasteiger partial charge < -0.3 is 9.84 Å². The number of aliphatic hydroxyl groups excluding tert-OH is 1. The van der Waals surface area contributed by atoms with Crippen LogP contribution in [0.25, 0.3) is 5.57 Å². The number of ether oxygens (including phenoxy) is 1. The maximum absolute atomic E-state index is 13.6. The van der Waals surface area contributed by atoms with Gasteiger partial charge in [-0.05, 0) is 43.9 Å². The summed E-state index contributed by atoms with van der Waals surface area (Å²) < 4.78 is 6.31. The molecule has 1 aromatic carbocycles. The molecule has 0 spiro atoms. The largest absolute Gasteiger partial charge is 0.511 e. The molecule has 0 unspecified atom stereocenters. The number of ketones is 1. The van der Waals surface area contributed by atoms with Crippen molar-refractivity contribution in [1.29, 1.82) is 0 Å². The van der Waals surface area contributed by atoms with Crippen molar-refractivity contribution in [3.8, 4) is 0 Å². The summed E-state index contributed by atoms with van der Waals surface area (Å²) in [5, 5.41) is 11.1. The van der Waals surface area contributed by atoms with Crippen molar-refractivity contribution in [3.05, 3.63) is 52.3 Å². The van der Waals surface area contributed by atoms with Gasteiger partial charge >= 0.3 is 0 Å². The minimum atomic E-state index is -0.527. The third-order valence-corrected chi connectivity index (χ3v) is 6.86. The topological polar surface area (TPSA) is 46.5 Å². The Hall–Kier alpha value is -1.87. The SMILES string of the molecule is CCCCCCC[C@]12C=C[C@H](O1)[C@@H]1C(O)=C(c3c(C)cc(C)cc3C)C(=O)[C@@H]12. The molecule has 1 fully saturated rings. The van der Waals surface area contributed by atoms with Crippen LogP contribution in [0.4, 0.5) is 0 Å². The van der Waals surface area contributed by atoms with Crippen molar-refractivity contribution in [2.75, 3.05) is 0 Å². The van der Waals surface area contributed by atoms with E-state index in [1.165, 1.54) is 31.2 Å². The summed E-state index contributed by atoms with van der Waals surface area (Å²) in [7, 11) is 0. The maximum Gasteiger partial charge on any atom is 0.174 e. The van der Waals surface area contributed by atoms with Gasteiger partial charge in [0, 0.05) is 0 Å². The number of aliphatic hydroxyl groups is 1. The summed E-state index contributed by atoms with van der Waals surface area (Å²) in [6.45, 7) is 8.35. The van der Waals surface area contributed by atoms with Crippen LogP contribution in [0.15, 0.2) is 30.0 Å². The van der Waals surface area contributed by atoms with Gasteiger partial charge in [0.1, 0.15) is 5.76 Å². The molecular formula is C25H32O3. The quantitative estimate of drug-likeness (QED) is 0.483. The van der Waals surface area contributed by atoms with Gasteiger partial charge in [-0.25, -0.2) is 0 Å². The van der Waals surface area contributed by atoms with Crippen LogP contribution in [-0.2, 0) is 9.53 Å². The summed E-state index contributed by atoms with van der Waals surface area (Å²) in [5.74, 6) is -0.183. The van der Waals surface area contributed by atoms with Gasteiger partial charge in [0.25, 0.3) is 0 Å². The minimum absolute atomic E-state index is 0.0676. The Labute approximate surface area is 168 Å². The Bertz CT molecular complexity index is 840. The Kier molecular flexibility index (Phi) is 4.99. The molecule has 1 saturated heterocycles. The fourth-order valence-corrected chi connectivity index (χ4v) is 5.73. The molecule has 4 rings (SSSR count). The number of carbonyl (C=O) groups excluding carboxylic acids is 1. The molecule has 2 heterocycles. The third-order valence-electron chi connectivity index (χ3n) is 6.86. The average Bonchev–Trinajstić information content (AvgIpc) is 3.27. The zero-order chi connectivity index (χ0) is 20.1. The van der Waals surface area contributed by atoms with Crippen LogP contribution < -0.4 is 0 Å². The molecule has 0 saturated carbocycles. The van der Waals surface area contributed by atoms with E-state index in [1.807, 2.05) is 13.8 Å². The molecule has 1 N–H and O–H groups in total. The number of carbonyl (C=O) groups is 1. The number of allylic oxidation sites excluding steroid dienone is 1. The summed E-state index contributed by atoms with van der Waals surface area (Å²) >= 11 is 0. The van der Waals surface area contributed by atoms with Crippen LogP contribution in [-0.4, -0.2) is 22.6 Å². The second-order valence-corrected chi connectivity index (χ2v) is 8.96. The predicted molar refractivity (Wildman–Crippen MR) is 112 cm³/mol. The zero-order valence-electron chi connectivity index (χ0n) is 17.5. The van der Waals surface area contributed by atoms with Gasteiger partial charge in [-0.3, -0.25) is 4.79 Å². The van der Waals surface area contributed by atoms with Crippen molar-refractivity contribution in [2.45, 2.75) is 77.9 Å². The molecular weight excluding hydrogens is 348 g/mol. The van der Waals surface area contributed by atoms with Gasteiger partial charge in [0.2, 0.25) is 0 Å². The Morgan fingerprint density at radius 1 is 1.07 bits per heavy atom. The highest BCUT2D eigenvalue weighted by Gasteiger charge is 2.64. The molecule has 0 radical (unpaired) electrons. The number of benzene rings is 1. The summed E-state index contributed by atoms with van der Waals surface area (Å²) in [5.41, 5.74) is 4.22. The molecule has 3 heteroatoms. The van der Waals surface area contributed by atoms with Crippen molar-refractivity contribution < 1.29 is 14.6 Å². The standard InChI is InChI=1S/C25H32O3/c1-5-6-7-8-9-11-25-12-10-18(28-25)20-22(25)24(27)21(23(20)26)19-16(3)13-15(2)14-17(19)4/h10,12-14,18,20,22,26H,5-9,11H2,1-4H3/t18-,20-,22+,25+/m0/s1. The Morgan fingerprint density at radius 2 is 1.75 bits per heavy atom. The zero-order valence-corrected chi connectivity index (χ0v) is 17.5. The van der Waals surface area contributed by atoms with Gasteiger partial charge in [0.15, 0.2) is 5.78 Å². The molecule has 3 nitrogen and oxygen atoms in total. The first-order valence-corrected chi connectivity index (χ1v) is 10.8. The van der Waals surface area contributed by atoms with Crippen molar-refractivity contribution in [1.82, 2.24) is 0 Å². The smallest absolute Gasteiger partial charge is 0.174 e. The monoisotopic (exact) mass is 380 g/mol. The van der Waals surface area contributed by atoms with E-state index in [0.717, 1.165) is 29.5 Å². The van der Waals surface area contributed by atoms with Gasteiger partial charge in [-0.1, -0.05) is 68.9 Å². The van der Waals surface area contributed by atoms with Crippen LogP contribution in [0.1, 0.15) is 67.7 Å². The molecule has 28 heavy (non-hydrogen) atoms. The molecule has 2 aliphatic heterocycles. The summed E-state index contributed by atoms with van der Waals surface area (Å²) in [4.78, 5) is 13.6. The number of hydrogen-bond acceptors (Lipinski definition) is 3. The number of rotatable bonds is 7. The van der Waals surface area contributed by atoms with Crippen LogP contribution in [0.2, 0.25) is 0 Å². The molecule has 3 aliphatic rings. The van der Waals surface area contributed by atoms with E-state index in [-0.39, 0.29) is 29.5 Å². The number of Topliss-reactive ketones (excluding diaryl/α,β-unsaturated/α-hetero) is 1. The number of unbranched alkanes of at least 4 members (excludes halogenated alkanes) is 4. The van der Waals surface area contributed by atoms with Crippen molar-refractivity contribution >= 4 is 11.4 Å². The lowest BCUT2D eigenvalue weighted by Crippen LogP contribution is -2.38. The number of hydrogen-bond donors (Lipinski definition) is 1. The lowest BCUT2D eigenvalue weighted by molar-refractivity contribution is -0.121. The fraction of sp³-hybridized carbons (Fsp3) is 0.560. The van der Waals surface area contributed by atoms with Crippen LogP contribution in [0, 0.1) is 32.6 Å². The molecule has 1 aromatic rings. The predicted octanol–water partition coefficient (Wildman–Crippen LogP) is 5.76. The highest BCUT2D eigenvalue weighted by atomic mass is 16.5. The lowest BCUT2D eigenvalue weighted by Gasteiger charge is -2.29. The van der Waals surface area contributed by atoms with Crippen LogP contribution in [0.3, 0.4) is 0 Å². The fourth-order valence-electron chi connectivity index (χ4n) is 5.73. The first kappa shape index (κ1) is 19.4. The second kappa shape index (κ2) is 7.18. The van der Waals surface area contributed by atoms with Gasteiger partial charge in [-0.15, -0.1) is 0 Å². The first-order chi connectivity index (χ1) is 13.4. The van der Waals surface area contributed by atoms with Gasteiger partial charge in [-0.2, -0.15) is 0 Å². The molecule has 150 valence electrons. The van der Waals surface area contributed by atoms with E-state index in [4.69, 9.17) is 4.74 Å². The lowest BCUT2D eigenvalue weighted by atomic mass is 9.73. The Balaban J connectivity index is 1.63. The molecule has 0 aromatic heterocycles. The third kappa shape index (κ3) is 2.86. The number of aryl methyl sites for hydroxylation is 3. The summed E-state index contributed by atoms with van der Waals surface area (Å²) in [6, 6.07) is 4.19. The van der Waals surface area contributed by atoms with Crippen molar-refractivity contribution in [3.63, 3.8) is 0 Å². The highest BCUT2D eigenvalue weighted by molar-refractivity contribution is 6.26. The van der Waals surface area contributed by atoms with Crippen LogP contribution in [0.5, 0.6) is 0 Å². The molecule has 1 aliphatic carbocycles. The van der Waals surface area contributed by atoms with Crippen LogP contribution >= 0.6 is 0 Å². The van der Waals surface area contributed by atoms with E-state index in [2.05, 4.69) is 38.1 Å². The van der Waals surface area contributed by atoms with E-state index in [1.54, 1.807) is 0 Å². The van der Waals surface area contributed by atoms with Crippen molar-refractivity contribution in [2.24, 2.45) is 11.8 Å². The summed E-state index contributed by atoms with van der Waals surface area (Å²) in [6.07, 6.45) is 10.8. The van der Waals surface area contributed by atoms with E-state index in [9.17, 15) is 9.90 Å².